The zero-order chi connectivity index (χ0) is 17.6. The number of non-ortho nitro benzene ring substituents is 2. The van der Waals surface area contributed by atoms with E-state index < -0.39 is 32.8 Å². The summed E-state index contributed by atoms with van der Waals surface area (Å²) in [5.41, 5.74) is 8.88. The maximum absolute atomic E-state index is 10.4. The smallest absolute Gasteiger partial charge is 0.276 e. The van der Waals surface area contributed by atoms with Gasteiger partial charge in [0.25, 0.3) is 11.4 Å². The van der Waals surface area contributed by atoms with Crippen LogP contribution in [0.25, 0.3) is 0 Å². The Morgan fingerprint density at radius 3 is 1.78 bits per heavy atom. The lowest BCUT2D eigenvalue weighted by atomic mass is 10.2. The number of carboxylic acids is 1. The van der Waals surface area contributed by atoms with E-state index in [0.29, 0.717) is 18.2 Å². The quantitative estimate of drug-likeness (QED) is 0.453. The van der Waals surface area contributed by atoms with E-state index in [2.05, 4.69) is 5.73 Å². The van der Waals surface area contributed by atoms with Crippen molar-refractivity contribution in [3.05, 3.63) is 68.3 Å². The Morgan fingerprint density at radius 1 is 1.00 bits per heavy atom. The van der Waals surface area contributed by atoms with Crippen molar-refractivity contribution in [2.75, 3.05) is 5.73 Å². The molecule has 0 aliphatic rings. The van der Waals surface area contributed by atoms with Crippen LogP contribution in [-0.4, -0.2) is 15.8 Å². The van der Waals surface area contributed by atoms with Gasteiger partial charge in [0, 0.05) is 23.8 Å². The lowest BCUT2D eigenvalue weighted by Gasteiger charge is -2.01. The summed E-state index contributed by atoms with van der Waals surface area (Å²) in [5, 5.41) is 31.0. The fourth-order valence-corrected chi connectivity index (χ4v) is 1.46. The predicted octanol–water partition coefficient (Wildman–Crippen LogP) is 0.00870. The number of quaternary nitrogens is 1. The van der Waals surface area contributed by atoms with Crippen molar-refractivity contribution in [2.45, 2.75) is 0 Å². The average Bonchev–Trinajstić information content (AvgIpc) is 2.50. The average molecular weight is 320 g/mol. The van der Waals surface area contributed by atoms with Crippen molar-refractivity contribution in [2.24, 2.45) is 0 Å². The van der Waals surface area contributed by atoms with Crippen molar-refractivity contribution in [1.82, 2.24) is 0 Å². The van der Waals surface area contributed by atoms with E-state index in [4.69, 9.17) is 5.73 Å². The minimum Gasteiger partial charge on any atom is -0.545 e. The first-order valence-corrected chi connectivity index (χ1v) is 6.04. The third-order valence-corrected chi connectivity index (χ3v) is 2.61. The van der Waals surface area contributed by atoms with Crippen molar-refractivity contribution < 1.29 is 25.5 Å². The van der Waals surface area contributed by atoms with E-state index >= 15 is 0 Å². The minimum absolute atomic E-state index is 0.601. The van der Waals surface area contributed by atoms with E-state index in [-0.39, 0.29) is 0 Å². The summed E-state index contributed by atoms with van der Waals surface area (Å²) < 4.78 is 0. The standard InChI is InChI=1S/C7H4N2O6.C6H8N2/c10-7(11)4-1-5(8(12)13)3-6(2-4)9(14)15;7-5-3-1-2-4-6(5)8/h1-3H,(H,10,11);1-4H,7-8H2. The lowest BCUT2D eigenvalue weighted by molar-refractivity contribution is -0.394. The van der Waals surface area contributed by atoms with Crippen LogP contribution in [0.4, 0.5) is 22.7 Å². The third-order valence-electron chi connectivity index (χ3n) is 2.61. The molecule has 0 aliphatic heterocycles. The molecular formula is C13H12N4O6. The van der Waals surface area contributed by atoms with Gasteiger partial charge in [0.05, 0.1) is 27.6 Å². The normalized spacial score (nSPS) is 9.43. The van der Waals surface area contributed by atoms with Crippen LogP contribution in [0.2, 0.25) is 0 Å². The van der Waals surface area contributed by atoms with Gasteiger partial charge in [-0.1, -0.05) is 12.1 Å². The van der Waals surface area contributed by atoms with Gasteiger partial charge in [-0.25, -0.2) is 0 Å². The van der Waals surface area contributed by atoms with Crippen LogP contribution in [0.15, 0.2) is 42.5 Å². The molecule has 10 heteroatoms. The lowest BCUT2D eigenvalue weighted by Crippen LogP contribution is -2.40. The number of para-hydroxylation sites is 1. The molecule has 0 radical (unpaired) electrons. The number of nitro groups is 2. The van der Waals surface area contributed by atoms with Gasteiger partial charge in [0.1, 0.15) is 0 Å². The summed E-state index contributed by atoms with van der Waals surface area (Å²) >= 11 is 0. The van der Waals surface area contributed by atoms with E-state index in [1.807, 2.05) is 24.3 Å². The number of carbonyl (C=O) groups is 1. The summed E-state index contributed by atoms with van der Waals surface area (Å²) in [4.78, 5) is 29.2. The highest BCUT2D eigenvalue weighted by Gasteiger charge is 2.16. The summed E-state index contributed by atoms with van der Waals surface area (Å²) in [7, 11) is 0. The van der Waals surface area contributed by atoms with Crippen LogP contribution < -0.4 is 16.6 Å². The Hall–Kier alpha value is -3.53. The van der Waals surface area contributed by atoms with E-state index in [9.17, 15) is 30.1 Å². The van der Waals surface area contributed by atoms with Gasteiger partial charge in [0.15, 0.2) is 5.69 Å². The van der Waals surface area contributed by atoms with Gasteiger partial charge in [0.2, 0.25) is 0 Å². The highest BCUT2D eigenvalue weighted by atomic mass is 16.6. The second-order valence-corrected chi connectivity index (χ2v) is 4.24. The molecule has 0 heterocycles. The molecule has 0 aliphatic carbocycles. The van der Waals surface area contributed by atoms with Crippen LogP contribution in [0, 0.1) is 20.2 Å². The number of carboxylic acid groups (broad SMARTS) is 1. The van der Waals surface area contributed by atoms with Crippen LogP contribution in [-0.2, 0) is 0 Å². The summed E-state index contributed by atoms with van der Waals surface area (Å²) in [6.07, 6.45) is 0. The molecule has 0 atom stereocenters. The molecule has 0 bridgehead atoms. The number of rotatable bonds is 3. The zero-order valence-corrected chi connectivity index (χ0v) is 11.7. The Balaban J connectivity index is 0.000000277. The number of nitrogen functional groups attached to an aromatic ring is 1. The Morgan fingerprint density at radius 2 is 1.48 bits per heavy atom. The molecule has 23 heavy (non-hydrogen) atoms. The maximum atomic E-state index is 10.4. The molecule has 0 aromatic heterocycles. The number of nitro benzene ring substituents is 2. The van der Waals surface area contributed by atoms with Crippen LogP contribution in [0.5, 0.6) is 0 Å². The van der Waals surface area contributed by atoms with Crippen LogP contribution >= 0.6 is 0 Å². The molecule has 10 nitrogen and oxygen atoms in total. The topological polar surface area (TPSA) is 180 Å². The van der Waals surface area contributed by atoms with Crippen LogP contribution in [0.3, 0.4) is 0 Å². The van der Waals surface area contributed by atoms with Gasteiger partial charge >= 0.3 is 0 Å². The molecule has 0 unspecified atom stereocenters. The van der Waals surface area contributed by atoms with E-state index in [1.165, 1.54) is 0 Å². The molecule has 120 valence electrons. The predicted molar refractivity (Wildman–Crippen MR) is 77.5 cm³/mol. The fourth-order valence-electron chi connectivity index (χ4n) is 1.46. The second kappa shape index (κ2) is 7.47. The number of anilines is 1. The molecule has 5 N–H and O–H groups in total. The molecule has 2 aromatic rings. The maximum Gasteiger partial charge on any atom is 0.276 e. The summed E-state index contributed by atoms with van der Waals surface area (Å²) in [6, 6.07) is 9.59. The van der Waals surface area contributed by atoms with E-state index in [1.54, 1.807) is 0 Å². The number of nitrogens with two attached hydrogens (primary N) is 1. The summed E-state index contributed by atoms with van der Waals surface area (Å²) in [6.45, 7) is 0. The van der Waals surface area contributed by atoms with Crippen LogP contribution in [0.1, 0.15) is 10.4 Å². The third kappa shape index (κ3) is 5.06. The first kappa shape index (κ1) is 17.5. The Labute approximate surface area is 129 Å². The first-order chi connectivity index (χ1) is 10.7. The number of carbonyl (C=O) groups excluding carboxylic acids is 1. The molecule has 0 saturated heterocycles. The van der Waals surface area contributed by atoms with Gasteiger partial charge in [-0.2, -0.15) is 0 Å². The van der Waals surface area contributed by atoms with Crippen molar-refractivity contribution >= 4 is 28.7 Å². The number of nitrogens with zero attached hydrogens (tertiary/aromatic N) is 2. The largest absolute Gasteiger partial charge is 0.545 e. The highest BCUT2D eigenvalue weighted by Crippen LogP contribution is 2.22. The highest BCUT2D eigenvalue weighted by molar-refractivity contribution is 5.87. The van der Waals surface area contributed by atoms with Gasteiger partial charge in [-0.05, 0) is 6.07 Å². The SMILES string of the molecule is Nc1ccccc1[NH3+].O=C([O-])c1cc([N+](=O)[O-])cc([N+](=O)[O-])c1. The molecule has 0 saturated carbocycles. The Bertz CT molecular complexity index is 662. The van der Waals surface area contributed by atoms with E-state index in [0.717, 1.165) is 11.4 Å². The molecule has 0 fully saturated rings. The second-order valence-electron chi connectivity index (χ2n) is 4.24. The van der Waals surface area contributed by atoms with Crippen molar-refractivity contribution in [3.63, 3.8) is 0 Å². The Kier molecular flexibility index (Phi) is 5.69. The molecular weight excluding hydrogens is 308 g/mol. The first-order valence-electron chi connectivity index (χ1n) is 6.04. The van der Waals surface area contributed by atoms with Crippen molar-refractivity contribution in [1.29, 1.82) is 0 Å². The van der Waals surface area contributed by atoms with Gasteiger partial charge in [-0.15, -0.1) is 0 Å². The molecule has 0 amide bonds. The molecule has 2 rings (SSSR count). The van der Waals surface area contributed by atoms with Gasteiger partial charge in [-0.3, -0.25) is 20.2 Å². The van der Waals surface area contributed by atoms with Crippen molar-refractivity contribution in [3.8, 4) is 0 Å². The molecule has 2 aromatic carbocycles. The summed E-state index contributed by atoms with van der Waals surface area (Å²) in [5.74, 6) is -1.71. The fraction of sp³-hybridized carbons (Fsp3) is 0. The van der Waals surface area contributed by atoms with Gasteiger partial charge < -0.3 is 21.4 Å². The molecule has 0 spiro atoms. The number of hydrogen-bond donors (Lipinski definition) is 2. The number of aromatic carboxylic acids is 1. The number of benzene rings is 2. The zero-order valence-electron chi connectivity index (χ0n) is 11.7. The minimum atomic E-state index is -1.71. The number of hydrogen-bond acceptors (Lipinski definition) is 7. The monoisotopic (exact) mass is 320 g/mol.